The molecule has 0 heterocycles. The maximum atomic E-state index is 12.7. The predicted octanol–water partition coefficient (Wildman–Crippen LogP) is 2.69. The lowest BCUT2D eigenvalue weighted by molar-refractivity contribution is -0.157. The zero-order valence-electron chi connectivity index (χ0n) is 15.8. The number of nitrogens with two attached hydrogens (primary N) is 1. The van der Waals surface area contributed by atoms with Gasteiger partial charge in [-0.1, -0.05) is 42.5 Å². The summed E-state index contributed by atoms with van der Waals surface area (Å²) in [7, 11) is -3.89. The first kappa shape index (κ1) is 21.1. The van der Waals surface area contributed by atoms with E-state index < -0.39 is 27.6 Å². The number of nitrogens with one attached hydrogen (secondary N) is 1. The highest BCUT2D eigenvalue weighted by atomic mass is 32.2. The number of esters is 1. The molecule has 0 bridgehead atoms. The molecule has 0 saturated heterocycles. The van der Waals surface area contributed by atoms with Crippen LogP contribution in [0.1, 0.15) is 27.2 Å². The predicted molar refractivity (Wildman–Crippen MR) is 106 cm³/mol. The number of carbonyl (C=O) groups excluding carboxylic acids is 1. The zero-order chi connectivity index (χ0) is 20.1. The highest BCUT2D eigenvalue weighted by Gasteiger charge is 2.29. The van der Waals surface area contributed by atoms with Gasteiger partial charge < -0.3 is 10.5 Å². The van der Waals surface area contributed by atoms with Crippen LogP contribution in [0.5, 0.6) is 0 Å². The van der Waals surface area contributed by atoms with E-state index in [0.717, 1.165) is 11.1 Å². The van der Waals surface area contributed by atoms with Crippen molar-refractivity contribution in [1.82, 2.24) is 4.72 Å². The molecule has 2 rings (SSSR count). The molecule has 1 atom stereocenters. The third kappa shape index (κ3) is 6.16. The van der Waals surface area contributed by atoms with Gasteiger partial charge in [-0.3, -0.25) is 4.79 Å². The van der Waals surface area contributed by atoms with Crippen LogP contribution in [-0.4, -0.2) is 32.6 Å². The van der Waals surface area contributed by atoms with Crippen LogP contribution in [-0.2, 0) is 19.6 Å². The number of rotatable bonds is 7. The molecule has 0 spiro atoms. The average molecular weight is 391 g/mol. The SMILES string of the molecule is CC(C)(C)OC(=O)C(CCN)NS(=O)(=O)c1ccc(-c2ccccc2)cc1. The summed E-state index contributed by atoms with van der Waals surface area (Å²) in [5.74, 6) is -0.641. The Morgan fingerprint density at radius 3 is 2.11 bits per heavy atom. The number of sulfonamides is 1. The first-order chi connectivity index (χ1) is 12.6. The molecule has 1 unspecified atom stereocenters. The zero-order valence-corrected chi connectivity index (χ0v) is 16.6. The number of hydrogen-bond donors (Lipinski definition) is 2. The molecule has 0 amide bonds. The fourth-order valence-electron chi connectivity index (χ4n) is 2.48. The third-order valence-corrected chi connectivity index (χ3v) is 5.20. The summed E-state index contributed by atoms with van der Waals surface area (Å²) >= 11 is 0. The van der Waals surface area contributed by atoms with Crippen molar-refractivity contribution in [3.8, 4) is 11.1 Å². The van der Waals surface area contributed by atoms with Crippen LogP contribution in [0.4, 0.5) is 0 Å². The highest BCUT2D eigenvalue weighted by Crippen LogP contribution is 2.21. The van der Waals surface area contributed by atoms with Gasteiger partial charge in [-0.2, -0.15) is 4.72 Å². The summed E-state index contributed by atoms with van der Waals surface area (Å²) in [6.45, 7) is 5.32. The normalized spacial score (nSPS) is 13.2. The number of benzene rings is 2. The van der Waals surface area contributed by atoms with Crippen LogP contribution >= 0.6 is 0 Å². The van der Waals surface area contributed by atoms with E-state index in [1.807, 2.05) is 30.3 Å². The van der Waals surface area contributed by atoms with Gasteiger partial charge in [0.1, 0.15) is 11.6 Å². The van der Waals surface area contributed by atoms with Gasteiger partial charge in [0.25, 0.3) is 0 Å². The van der Waals surface area contributed by atoms with Gasteiger partial charge in [-0.25, -0.2) is 8.42 Å². The minimum Gasteiger partial charge on any atom is -0.459 e. The summed E-state index contributed by atoms with van der Waals surface area (Å²) in [6, 6.07) is 15.1. The van der Waals surface area contributed by atoms with Crippen LogP contribution in [0.2, 0.25) is 0 Å². The van der Waals surface area contributed by atoms with Gasteiger partial charge in [0.05, 0.1) is 4.90 Å². The molecule has 2 aromatic rings. The number of hydrogen-bond acceptors (Lipinski definition) is 5. The van der Waals surface area contributed by atoms with Gasteiger partial charge in [-0.05, 0) is 57.0 Å². The van der Waals surface area contributed by atoms with Crippen LogP contribution in [0.15, 0.2) is 59.5 Å². The lowest BCUT2D eigenvalue weighted by atomic mass is 10.1. The Labute approximate surface area is 160 Å². The van der Waals surface area contributed by atoms with Crippen LogP contribution in [0, 0.1) is 0 Å². The Morgan fingerprint density at radius 1 is 1.04 bits per heavy atom. The summed E-state index contributed by atoms with van der Waals surface area (Å²) < 4.78 is 33.1. The van der Waals surface area contributed by atoms with E-state index in [9.17, 15) is 13.2 Å². The summed E-state index contributed by atoms with van der Waals surface area (Å²) in [4.78, 5) is 12.4. The van der Waals surface area contributed by atoms with Crippen LogP contribution in [0.25, 0.3) is 11.1 Å². The van der Waals surface area contributed by atoms with Crippen molar-refractivity contribution < 1.29 is 17.9 Å². The van der Waals surface area contributed by atoms with Crippen LogP contribution < -0.4 is 10.5 Å². The fourth-order valence-corrected chi connectivity index (χ4v) is 3.70. The largest absolute Gasteiger partial charge is 0.459 e. The van der Waals surface area contributed by atoms with E-state index >= 15 is 0 Å². The molecule has 0 radical (unpaired) electrons. The molecular formula is C20H26N2O4S. The molecular weight excluding hydrogens is 364 g/mol. The lowest BCUT2D eigenvalue weighted by Gasteiger charge is -2.24. The molecule has 0 aliphatic rings. The van der Waals surface area contributed by atoms with E-state index in [4.69, 9.17) is 10.5 Å². The maximum absolute atomic E-state index is 12.7. The Hall–Kier alpha value is -2.22. The van der Waals surface area contributed by atoms with Crippen molar-refractivity contribution in [1.29, 1.82) is 0 Å². The molecule has 0 aliphatic heterocycles. The van der Waals surface area contributed by atoms with Gasteiger partial charge in [0.2, 0.25) is 10.0 Å². The quantitative estimate of drug-likeness (QED) is 0.708. The Kier molecular flexibility index (Phi) is 6.75. The second kappa shape index (κ2) is 8.65. The standard InChI is InChI=1S/C20H26N2O4S/c1-20(2,3)26-19(23)18(13-14-21)22-27(24,25)17-11-9-16(10-12-17)15-7-5-4-6-8-15/h4-12,18,22H,13-14,21H2,1-3H3. The summed E-state index contributed by atoms with van der Waals surface area (Å²) in [6.07, 6.45) is 0.149. The van der Waals surface area contributed by atoms with Crippen molar-refractivity contribution in [3.63, 3.8) is 0 Å². The van der Waals surface area contributed by atoms with Gasteiger partial charge in [0.15, 0.2) is 0 Å². The van der Waals surface area contributed by atoms with Crippen molar-refractivity contribution in [2.45, 2.75) is 43.7 Å². The Bertz CT molecular complexity index is 857. The highest BCUT2D eigenvalue weighted by molar-refractivity contribution is 7.89. The Morgan fingerprint density at radius 2 is 1.59 bits per heavy atom. The van der Waals surface area contributed by atoms with Gasteiger partial charge >= 0.3 is 5.97 Å². The molecule has 0 aliphatic carbocycles. The van der Waals surface area contributed by atoms with Crippen LogP contribution in [0.3, 0.4) is 0 Å². The van der Waals surface area contributed by atoms with Crippen molar-refractivity contribution in [3.05, 3.63) is 54.6 Å². The monoisotopic (exact) mass is 390 g/mol. The molecule has 3 N–H and O–H groups in total. The smallest absolute Gasteiger partial charge is 0.324 e. The topological polar surface area (TPSA) is 98.5 Å². The molecule has 6 nitrogen and oxygen atoms in total. The average Bonchev–Trinajstić information content (AvgIpc) is 2.61. The molecule has 7 heteroatoms. The Balaban J connectivity index is 2.19. The lowest BCUT2D eigenvalue weighted by Crippen LogP contribution is -2.45. The second-order valence-corrected chi connectivity index (χ2v) is 8.89. The van der Waals surface area contributed by atoms with Crippen molar-refractivity contribution in [2.24, 2.45) is 5.73 Å². The molecule has 146 valence electrons. The maximum Gasteiger partial charge on any atom is 0.324 e. The third-order valence-electron chi connectivity index (χ3n) is 3.72. The van der Waals surface area contributed by atoms with E-state index in [2.05, 4.69) is 4.72 Å². The molecule has 2 aromatic carbocycles. The number of carbonyl (C=O) groups is 1. The van der Waals surface area contributed by atoms with E-state index in [1.165, 1.54) is 12.1 Å². The molecule has 0 fully saturated rings. The van der Waals surface area contributed by atoms with E-state index in [0.29, 0.717) is 0 Å². The number of ether oxygens (including phenoxy) is 1. The minimum atomic E-state index is -3.89. The van der Waals surface area contributed by atoms with Gasteiger partial charge in [0, 0.05) is 0 Å². The second-order valence-electron chi connectivity index (χ2n) is 7.18. The fraction of sp³-hybridized carbons (Fsp3) is 0.350. The van der Waals surface area contributed by atoms with Crippen molar-refractivity contribution >= 4 is 16.0 Å². The van der Waals surface area contributed by atoms with E-state index in [-0.39, 0.29) is 17.9 Å². The van der Waals surface area contributed by atoms with Crippen molar-refractivity contribution in [2.75, 3.05) is 6.54 Å². The summed E-state index contributed by atoms with van der Waals surface area (Å²) in [5.41, 5.74) is 6.71. The molecule has 0 saturated carbocycles. The van der Waals surface area contributed by atoms with Gasteiger partial charge in [-0.15, -0.1) is 0 Å². The first-order valence-corrected chi connectivity index (χ1v) is 10.2. The first-order valence-electron chi connectivity index (χ1n) is 8.73. The minimum absolute atomic E-state index is 0.0766. The molecule has 0 aromatic heterocycles. The molecule has 27 heavy (non-hydrogen) atoms. The summed E-state index contributed by atoms with van der Waals surface area (Å²) in [5, 5.41) is 0. The van der Waals surface area contributed by atoms with E-state index in [1.54, 1.807) is 32.9 Å².